The Morgan fingerprint density at radius 1 is 1.11 bits per heavy atom. The van der Waals surface area contributed by atoms with Crippen LogP contribution in [0.3, 0.4) is 0 Å². The highest BCUT2D eigenvalue weighted by molar-refractivity contribution is 7.90. The van der Waals surface area contributed by atoms with Crippen LogP contribution < -0.4 is 9.47 Å². The number of Topliss-reactive ketones (excluding diaryl/α,β-unsaturated/α-hetero) is 1. The first kappa shape index (κ1) is 24.7. The molecule has 3 aromatic rings. The number of hydrogen-bond acceptors (Lipinski definition) is 9. The number of hydrogen-bond donors (Lipinski definition) is 0. The number of halogens is 1. The molecule has 0 radical (unpaired) electrons. The molecule has 1 aromatic carbocycles. The van der Waals surface area contributed by atoms with Crippen LogP contribution >= 0.6 is 0 Å². The maximum absolute atomic E-state index is 14.4. The van der Waals surface area contributed by atoms with Crippen molar-refractivity contribution >= 4 is 15.6 Å². The first-order chi connectivity index (χ1) is 16.7. The third-order valence-electron chi connectivity index (χ3n) is 5.66. The molecule has 35 heavy (non-hydrogen) atoms. The van der Waals surface area contributed by atoms with E-state index >= 15 is 0 Å². The Hall–Kier alpha value is -3.44. The van der Waals surface area contributed by atoms with Gasteiger partial charge in [0.15, 0.2) is 27.2 Å². The van der Waals surface area contributed by atoms with E-state index in [1.807, 2.05) is 0 Å². The number of ether oxygens (including phenoxy) is 2. The van der Waals surface area contributed by atoms with E-state index in [0.717, 1.165) is 12.3 Å². The van der Waals surface area contributed by atoms with Crippen molar-refractivity contribution in [2.45, 2.75) is 30.8 Å². The third kappa shape index (κ3) is 6.17. The van der Waals surface area contributed by atoms with Gasteiger partial charge in [0.25, 0.3) is 0 Å². The van der Waals surface area contributed by atoms with E-state index < -0.39 is 15.7 Å². The molecule has 1 fully saturated rings. The Labute approximate surface area is 202 Å². The standard InChI is InChI=1S/C24H25FN4O5S/c1-16-23(27-15-28-24(16)34-22-7-6-18(13-19(22)25)35(2,31)32)33-17-8-11-29(12-9-17)14-21(30)20-5-3-4-10-26-20/h3-7,10,13,15,17H,8-9,11-12,14H2,1-2H3. The SMILES string of the molecule is Cc1c(Oc2ccc(S(C)(=O)=O)cc2F)ncnc1OC1CCN(CC(=O)c2ccccn2)CC1. The van der Waals surface area contributed by atoms with Crippen LogP contribution in [0.25, 0.3) is 0 Å². The molecule has 1 saturated heterocycles. The van der Waals surface area contributed by atoms with Gasteiger partial charge < -0.3 is 9.47 Å². The second-order valence-electron chi connectivity index (χ2n) is 8.31. The topological polar surface area (TPSA) is 112 Å². The number of sulfone groups is 1. The molecule has 0 aliphatic carbocycles. The molecular formula is C24H25FN4O5S. The molecule has 9 nitrogen and oxygen atoms in total. The molecule has 0 atom stereocenters. The van der Waals surface area contributed by atoms with E-state index in [-0.39, 0.29) is 28.4 Å². The molecule has 1 aliphatic heterocycles. The van der Waals surface area contributed by atoms with Crippen LogP contribution in [0.1, 0.15) is 28.9 Å². The van der Waals surface area contributed by atoms with Crippen molar-refractivity contribution in [3.05, 3.63) is 66.0 Å². The van der Waals surface area contributed by atoms with Gasteiger partial charge in [0, 0.05) is 25.5 Å². The van der Waals surface area contributed by atoms with Crippen LogP contribution in [0, 0.1) is 12.7 Å². The quantitative estimate of drug-likeness (QED) is 0.430. The van der Waals surface area contributed by atoms with Crippen LogP contribution in [0.5, 0.6) is 17.5 Å². The number of pyridine rings is 1. The van der Waals surface area contributed by atoms with E-state index in [1.54, 1.807) is 31.3 Å². The molecule has 0 spiro atoms. The number of likely N-dealkylation sites (tertiary alicyclic amines) is 1. The minimum atomic E-state index is -3.54. The van der Waals surface area contributed by atoms with Gasteiger partial charge in [-0.15, -0.1) is 0 Å². The molecule has 0 bridgehead atoms. The zero-order chi connectivity index (χ0) is 25.0. The summed E-state index contributed by atoms with van der Waals surface area (Å²) in [5.41, 5.74) is 0.948. The first-order valence-electron chi connectivity index (χ1n) is 11.0. The summed E-state index contributed by atoms with van der Waals surface area (Å²) in [4.78, 5) is 26.7. The fourth-order valence-electron chi connectivity index (χ4n) is 3.69. The molecule has 0 saturated carbocycles. The zero-order valence-corrected chi connectivity index (χ0v) is 20.2. The van der Waals surface area contributed by atoms with Crippen molar-refractivity contribution in [3.8, 4) is 17.5 Å². The Balaban J connectivity index is 1.36. The number of rotatable bonds is 8. The smallest absolute Gasteiger partial charge is 0.229 e. The highest BCUT2D eigenvalue weighted by atomic mass is 32.2. The van der Waals surface area contributed by atoms with Gasteiger partial charge in [0.1, 0.15) is 18.1 Å². The molecule has 0 amide bonds. The first-order valence-corrected chi connectivity index (χ1v) is 12.9. The maximum Gasteiger partial charge on any atom is 0.229 e. The maximum atomic E-state index is 14.4. The van der Waals surface area contributed by atoms with E-state index in [0.29, 0.717) is 49.6 Å². The molecule has 0 unspecified atom stereocenters. The average Bonchev–Trinajstić information content (AvgIpc) is 2.84. The van der Waals surface area contributed by atoms with E-state index in [1.165, 1.54) is 18.5 Å². The summed E-state index contributed by atoms with van der Waals surface area (Å²) in [6.07, 6.45) is 5.18. The van der Waals surface area contributed by atoms with Crippen LogP contribution in [0.2, 0.25) is 0 Å². The average molecular weight is 501 g/mol. The summed E-state index contributed by atoms with van der Waals surface area (Å²) in [7, 11) is -3.54. The minimum Gasteiger partial charge on any atom is -0.474 e. The fourth-order valence-corrected chi connectivity index (χ4v) is 4.33. The number of aromatic nitrogens is 3. The number of nitrogens with zero attached hydrogens (tertiary/aromatic N) is 4. The highest BCUT2D eigenvalue weighted by Crippen LogP contribution is 2.31. The fraction of sp³-hybridized carbons (Fsp3) is 0.333. The van der Waals surface area contributed by atoms with Crippen molar-refractivity contribution in [3.63, 3.8) is 0 Å². The predicted octanol–water partition coefficient (Wildman–Crippen LogP) is 3.24. The lowest BCUT2D eigenvalue weighted by Crippen LogP contribution is -2.41. The van der Waals surface area contributed by atoms with Gasteiger partial charge in [0.05, 0.1) is 17.0 Å². The number of carbonyl (C=O) groups excluding carboxylic acids is 1. The van der Waals surface area contributed by atoms with Gasteiger partial charge in [-0.25, -0.2) is 22.8 Å². The van der Waals surface area contributed by atoms with Crippen molar-refractivity contribution in [2.75, 3.05) is 25.9 Å². The predicted molar refractivity (Wildman–Crippen MR) is 125 cm³/mol. The van der Waals surface area contributed by atoms with E-state index in [2.05, 4.69) is 19.9 Å². The zero-order valence-electron chi connectivity index (χ0n) is 19.3. The molecule has 3 heterocycles. The van der Waals surface area contributed by atoms with Crippen molar-refractivity contribution < 1.29 is 27.1 Å². The van der Waals surface area contributed by atoms with Crippen LogP contribution in [-0.4, -0.2) is 66.0 Å². The molecule has 11 heteroatoms. The largest absolute Gasteiger partial charge is 0.474 e. The molecule has 0 N–H and O–H groups in total. The third-order valence-corrected chi connectivity index (χ3v) is 6.77. The number of piperidine rings is 1. The number of benzene rings is 1. The lowest BCUT2D eigenvalue weighted by molar-refractivity contribution is 0.0771. The molecular weight excluding hydrogens is 475 g/mol. The summed E-state index contributed by atoms with van der Waals surface area (Å²) >= 11 is 0. The van der Waals surface area contributed by atoms with E-state index in [4.69, 9.17) is 9.47 Å². The van der Waals surface area contributed by atoms with Crippen LogP contribution in [-0.2, 0) is 9.84 Å². The summed E-state index contributed by atoms with van der Waals surface area (Å²) in [5, 5.41) is 0. The van der Waals surface area contributed by atoms with Gasteiger partial charge in [-0.05, 0) is 50.1 Å². The summed E-state index contributed by atoms with van der Waals surface area (Å²) in [6, 6.07) is 8.70. The van der Waals surface area contributed by atoms with Crippen LogP contribution in [0.4, 0.5) is 4.39 Å². The van der Waals surface area contributed by atoms with Gasteiger partial charge in [-0.3, -0.25) is 14.7 Å². The lowest BCUT2D eigenvalue weighted by atomic mass is 10.1. The Kier molecular flexibility index (Phi) is 7.37. The van der Waals surface area contributed by atoms with Gasteiger partial charge in [-0.1, -0.05) is 6.07 Å². The van der Waals surface area contributed by atoms with Crippen molar-refractivity contribution in [1.29, 1.82) is 0 Å². The van der Waals surface area contributed by atoms with Crippen molar-refractivity contribution in [2.24, 2.45) is 0 Å². The highest BCUT2D eigenvalue weighted by Gasteiger charge is 2.24. The molecule has 2 aromatic heterocycles. The Bertz CT molecular complexity index is 1310. The van der Waals surface area contributed by atoms with Gasteiger partial charge >= 0.3 is 0 Å². The molecule has 184 valence electrons. The Morgan fingerprint density at radius 2 is 1.86 bits per heavy atom. The molecule has 4 rings (SSSR count). The normalized spacial score (nSPS) is 15.1. The summed E-state index contributed by atoms with van der Waals surface area (Å²) in [5.74, 6) is -0.558. The second-order valence-corrected chi connectivity index (χ2v) is 10.3. The Morgan fingerprint density at radius 3 is 2.51 bits per heavy atom. The second kappa shape index (κ2) is 10.4. The van der Waals surface area contributed by atoms with E-state index in [9.17, 15) is 17.6 Å². The van der Waals surface area contributed by atoms with Gasteiger partial charge in [0.2, 0.25) is 11.8 Å². The lowest BCUT2D eigenvalue weighted by Gasteiger charge is -2.31. The van der Waals surface area contributed by atoms with Gasteiger partial charge in [-0.2, -0.15) is 0 Å². The minimum absolute atomic E-state index is 0.0183. The number of ketones is 1. The van der Waals surface area contributed by atoms with Crippen molar-refractivity contribution in [1.82, 2.24) is 19.9 Å². The monoisotopic (exact) mass is 500 g/mol. The van der Waals surface area contributed by atoms with Crippen LogP contribution in [0.15, 0.2) is 53.8 Å². The summed E-state index contributed by atoms with van der Waals surface area (Å²) < 4.78 is 49.3. The number of carbonyl (C=O) groups is 1. The molecule has 1 aliphatic rings. The summed E-state index contributed by atoms with van der Waals surface area (Å²) in [6.45, 7) is 3.38.